The van der Waals surface area contributed by atoms with Gasteiger partial charge in [-0.05, 0) is 59.0 Å². The Balaban J connectivity index is 1.53. The van der Waals surface area contributed by atoms with Crippen LogP contribution in [0.1, 0.15) is 52.6 Å². The van der Waals surface area contributed by atoms with Gasteiger partial charge in [0, 0.05) is 6.07 Å². The zero-order valence-electron chi connectivity index (χ0n) is 19.8. The predicted octanol–water partition coefficient (Wildman–Crippen LogP) is 5.84. The van der Waals surface area contributed by atoms with Gasteiger partial charge >= 0.3 is 5.97 Å². The molecule has 3 aromatic carbocycles. The van der Waals surface area contributed by atoms with Crippen LogP contribution >= 0.6 is 0 Å². The number of esters is 1. The number of hydrogen-bond donors (Lipinski definition) is 0. The van der Waals surface area contributed by atoms with E-state index in [1.807, 2.05) is 12.1 Å². The average Bonchev–Trinajstić information content (AvgIpc) is 3.13. The van der Waals surface area contributed by atoms with Gasteiger partial charge in [-0.1, -0.05) is 39.0 Å². The summed E-state index contributed by atoms with van der Waals surface area (Å²) in [6.07, 6.45) is 1.62. The SMILES string of the molecule is COc1ccc2c(c1)O/C(=C\c1ccc(OC(=O)c3ccc(C(C)(C)C)cc3)c(OC)c1)C2=O. The minimum absolute atomic E-state index is 0.00610. The Kier molecular flexibility index (Phi) is 6.16. The van der Waals surface area contributed by atoms with E-state index in [0.717, 1.165) is 5.56 Å². The summed E-state index contributed by atoms with van der Waals surface area (Å²) in [6.45, 7) is 6.34. The summed E-state index contributed by atoms with van der Waals surface area (Å²) in [7, 11) is 3.04. The number of Topliss-reactive ketones (excluding diaryl/α,β-unsaturated/α-hetero) is 1. The van der Waals surface area contributed by atoms with Crippen molar-refractivity contribution >= 4 is 17.8 Å². The molecule has 0 bridgehead atoms. The normalized spacial score (nSPS) is 13.9. The lowest BCUT2D eigenvalue weighted by Gasteiger charge is -2.19. The minimum atomic E-state index is -0.483. The van der Waals surface area contributed by atoms with Crippen LogP contribution in [0, 0.1) is 0 Å². The van der Waals surface area contributed by atoms with E-state index in [9.17, 15) is 9.59 Å². The third-order valence-electron chi connectivity index (χ3n) is 5.55. The third kappa shape index (κ3) is 4.66. The van der Waals surface area contributed by atoms with Crippen LogP contribution < -0.4 is 18.9 Å². The van der Waals surface area contributed by atoms with E-state index in [4.69, 9.17) is 18.9 Å². The summed E-state index contributed by atoms with van der Waals surface area (Å²) in [5.41, 5.74) is 2.70. The van der Waals surface area contributed by atoms with E-state index in [2.05, 4.69) is 20.8 Å². The molecule has 0 fully saturated rings. The molecule has 0 aliphatic carbocycles. The van der Waals surface area contributed by atoms with Crippen LogP contribution in [0.2, 0.25) is 0 Å². The molecule has 0 amide bonds. The molecule has 0 atom stereocenters. The van der Waals surface area contributed by atoms with Crippen LogP contribution in [0.4, 0.5) is 0 Å². The number of ether oxygens (including phenoxy) is 4. The highest BCUT2D eigenvalue weighted by Crippen LogP contribution is 2.36. The molecule has 34 heavy (non-hydrogen) atoms. The number of fused-ring (bicyclic) bond motifs is 1. The molecule has 6 nitrogen and oxygen atoms in total. The summed E-state index contributed by atoms with van der Waals surface area (Å²) < 4.78 is 21.9. The molecule has 0 saturated heterocycles. The Morgan fingerprint density at radius 1 is 0.882 bits per heavy atom. The molecule has 4 rings (SSSR count). The Bertz CT molecular complexity index is 1280. The first-order chi connectivity index (χ1) is 16.2. The molecular weight excluding hydrogens is 432 g/mol. The van der Waals surface area contributed by atoms with Crippen molar-refractivity contribution in [1.29, 1.82) is 0 Å². The van der Waals surface area contributed by atoms with Crippen molar-refractivity contribution in [3.05, 3.63) is 88.7 Å². The van der Waals surface area contributed by atoms with Crippen molar-refractivity contribution in [3.8, 4) is 23.0 Å². The van der Waals surface area contributed by atoms with Gasteiger partial charge in [-0.15, -0.1) is 0 Å². The van der Waals surface area contributed by atoms with Gasteiger partial charge in [0.05, 0.1) is 25.3 Å². The van der Waals surface area contributed by atoms with Gasteiger partial charge in [-0.2, -0.15) is 0 Å². The number of benzene rings is 3. The Hall–Kier alpha value is -4.06. The summed E-state index contributed by atoms with van der Waals surface area (Å²) in [5, 5.41) is 0. The Morgan fingerprint density at radius 3 is 2.26 bits per heavy atom. The Morgan fingerprint density at radius 2 is 1.62 bits per heavy atom. The van der Waals surface area contributed by atoms with Crippen molar-refractivity contribution < 1.29 is 28.5 Å². The number of carbonyl (C=O) groups is 2. The zero-order valence-corrected chi connectivity index (χ0v) is 19.8. The van der Waals surface area contributed by atoms with E-state index in [0.29, 0.717) is 33.9 Å². The molecule has 0 N–H and O–H groups in total. The monoisotopic (exact) mass is 458 g/mol. The van der Waals surface area contributed by atoms with Gasteiger partial charge in [-0.25, -0.2) is 4.79 Å². The molecule has 0 aromatic heterocycles. The van der Waals surface area contributed by atoms with Gasteiger partial charge in [0.15, 0.2) is 17.3 Å². The fraction of sp³-hybridized carbons (Fsp3) is 0.214. The van der Waals surface area contributed by atoms with Crippen LogP contribution in [0.3, 0.4) is 0 Å². The van der Waals surface area contributed by atoms with Crippen molar-refractivity contribution in [2.45, 2.75) is 26.2 Å². The quantitative estimate of drug-likeness (QED) is 0.272. The second-order valence-corrected chi connectivity index (χ2v) is 8.93. The first-order valence-electron chi connectivity index (χ1n) is 10.8. The maximum absolute atomic E-state index is 12.7. The van der Waals surface area contributed by atoms with E-state index >= 15 is 0 Å². The molecule has 0 unspecified atom stereocenters. The lowest BCUT2D eigenvalue weighted by atomic mass is 9.87. The number of ketones is 1. The number of rotatable bonds is 5. The van der Waals surface area contributed by atoms with Crippen LogP contribution in [-0.4, -0.2) is 26.0 Å². The molecule has 1 aliphatic heterocycles. The lowest BCUT2D eigenvalue weighted by Crippen LogP contribution is -2.13. The highest BCUT2D eigenvalue weighted by atomic mass is 16.6. The first kappa shape index (κ1) is 23.1. The highest BCUT2D eigenvalue weighted by Gasteiger charge is 2.28. The van der Waals surface area contributed by atoms with Crippen LogP contribution in [-0.2, 0) is 5.41 Å². The maximum atomic E-state index is 12.7. The van der Waals surface area contributed by atoms with E-state index in [1.165, 1.54) is 7.11 Å². The van der Waals surface area contributed by atoms with Crippen LogP contribution in [0.15, 0.2) is 66.4 Å². The summed E-state index contributed by atoms with van der Waals surface area (Å²) >= 11 is 0. The van der Waals surface area contributed by atoms with Crippen LogP contribution in [0.5, 0.6) is 23.0 Å². The third-order valence-corrected chi connectivity index (χ3v) is 5.55. The minimum Gasteiger partial charge on any atom is -0.497 e. The molecule has 174 valence electrons. The number of allylic oxidation sites excluding steroid dienone is 1. The summed E-state index contributed by atoms with van der Waals surface area (Å²) in [4.78, 5) is 25.3. The fourth-order valence-electron chi connectivity index (χ4n) is 3.57. The van der Waals surface area contributed by atoms with Crippen LogP contribution in [0.25, 0.3) is 6.08 Å². The zero-order chi connectivity index (χ0) is 24.5. The lowest BCUT2D eigenvalue weighted by molar-refractivity contribution is 0.0729. The van der Waals surface area contributed by atoms with Gasteiger partial charge in [-0.3, -0.25) is 4.79 Å². The highest BCUT2D eigenvalue weighted by molar-refractivity contribution is 6.14. The van der Waals surface area contributed by atoms with E-state index in [1.54, 1.807) is 61.7 Å². The first-order valence-corrected chi connectivity index (χ1v) is 10.8. The summed E-state index contributed by atoms with van der Waals surface area (Å²) in [5.74, 6) is 1.18. The van der Waals surface area contributed by atoms with Gasteiger partial charge in [0.2, 0.25) is 5.78 Å². The number of hydrogen-bond acceptors (Lipinski definition) is 6. The Labute approximate surface area is 198 Å². The largest absolute Gasteiger partial charge is 0.497 e. The topological polar surface area (TPSA) is 71.1 Å². The van der Waals surface area contributed by atoms with Gasteiger partial charge in [0.1, 0.15) is 11.5 Å². The van der Waals surface area contributed by atoms with Crippen molar-refractivity contribution in [3.63, 3.8) is 0 Å². The number of carbonyl (C=O) groups excluding carboxylic acids is 2. The van der Waals surface area contributed by atoms with Gasteiger partial charge in [0.25, 0.3) is 0 Å². The molecule has 1 aliphatic rings. The summed E-state index contributed by atoms with van der Waals surface area (Å²) in [6, 6.07) is 17.5. The molecular formula is C28H26O6. The van der Waals surface area contributed by atoms with Crippen molar-refractivity contribution in [1.82, 2.24) is 0 Å². The molecule has 0 spiro atoms. The second kappa shape index (κ2) is 9.06. The molecule has 6 heteroatoms. The standard InChI is InChI=1S/C28H26O6/c1-28(2,3)19-9-7-18(8-10-19)27(30)34-22-13-6-17(14-24(22)32-5)15-25-26(29)21-12-11-20(31-4)16-23(21)33-25/h6-16H,1-5H3/b25-15-. The maximum Gasteiger partial charge on any atom is 0.343 e. The molecule has 1 heterocycles. The fourth-order valence-corrected chi connectivity index (χ4v) is 3.57. The van der Waals surface area contributed by atoms with Gasteiger partial charge < -0.3 is 18.9 Å². The second-order valence-electron chi connectivity index (χ2n) is 8.93. The average molecular weight is 459 g/mol. The van der Waals surface area contributed by atoms with Crippen molar-refractivity contribution in [2.75, 3.05) is 14.2 Å². The molecule has 0 radical (unpaired) electrons. The predicted molar refractivity (Wildman–Crippen MR) is 129 cm³/mol. The van der Waals surface area contributed by atoms with E-state index in [-0.39, 0.29) is 22.7 Å². The molecule has 3 aromatic rings. The van der Waals surface area contributed by atoms with Crippen molar-refractivity contribution in [2.24, 2.45) is 0 Å². The van der Waals surface area contributed by atoms with E-state index < -0.39 is 5.97 Å². The smallest absolute Gasteiger partial charge is 0.343 e. The molecule has 0 saturated carbocycles. The number of methoxy groups -OCH3 is 2.